The van der Waals surface area contributed by atoms with Crippen LogP contribution in [0.3, 0.4) is 0 Å². The van der Waals surface area contributed by atoms with Crippen LogP contribution in [0.4, 0.5) is 18.9 Å². The number of aliphatic imine (C=N–C) groups is 1. The number of aromatic nitrogens is 1. The Balaban J connectivity index is 0.000000505. The van der Waals surface area contributed by atoms with Crippen LogP contribution in [-0.2, 0) is 9.59 Å². The molecule has 2 heterocycles. The van der Waals surface area contributed by atoms with Crippen molar-refractivity contribution in [3.05, 3.63) is 74.7 Å². The number of amidine groups is 1. The zero-order valence-electron chi connectivity index (χ0n) is 19.5. The number of carboxylic acids is 1. The highest BCUT2D eigenvalue weighted by Gasteiger charge is 2.38. The Bertz CT molecular complexity index is 1470. The van der Waals surface area contributed by atoms with Crippen LogP contribution in [0, 0.1) is 0 Å². The number of amides is 2. The minimum absolute atomic E-state index is 0.115. The van der Waals surface area contributed by atoms with Crippen molar-refractivity contribution in [3.63, 3.8) is 0 Å². The van der Waals surface area contributed by atoms with Crippen molar-refractivity contribution >= 4 is 80.6 Å². The molecule has 1 aliphatic heterocycles. The lowest BCUT2D eigenvalue weighted by Gasteiger charge is -2.12. The largest absolute Gasteiger partial charge is 0.490 e. The normalized spacial score (nSPS) is 15.3. The van der Waals surface area contributed by atoms with Gasteiger partial charge in [0.2, 0.25) is 0 Å². The second-order valence-corrected chi connectivity index (χ2v) is 9.53. The van der Waals surface area contributed by atoms with E-state index < -0.39 is 12.1 Å². The summed E-state index contributed by atoms with van der Waals surface area (Å²) in [6.45, 7) is 0. The van der Waals surface area contributed by atoms with Crippen molar-refractivity contribution in [1.82, 2.24) is 15.2 Å². The number of halogens is 5. The Labute approximate surface area is 228 Å². The Morgan fingerprint density at radius 2 is 1.76 bits per heavy atom. The van der Waals surface area contributed by atoms with Crippen LogP contribution in [0.2, 0.25) is 10.0 Å². The Morgan fingerprint density at radius 1 is 1.13 bits per heavy atom. The summed E-state index contributed by atoms with van der Waals surface area (Å²) in [5.41, 5.74) is 2.42. The molecule has 0 unspecified atom stereocenters. The van der Waals surface area contributed by atoms with Gasteiger partial charge in [-0.25, -0.2) is 9.79 Å². The molecule has 0 spiro atoms. The van der Waals surface area contributed by atoms with Gasteiger partial charge in [0.1, 0.15) is 5.69 Å². The zero-order chi connectivity index (χ0) is 28.2. The van der Waals surface area contributed by atoms with Gasteiger partial charge in [0.25, 0.3) is 11.8 Å². The third kappa shape index (κ3) is 7.03. The summed E-state index contributed by atoms with van der Waals surface area (Å²) >= 11 is 13.5. The SMILES string of the molecule is CN(C)C(=O)c1ccnc2ccc(/C=C3/SC(=Nc4c(Cl)cccc4Cl)NC3=O)cc12.O=C(O)C(F)(F)F. The smallest absolute Gasteiger partial charge is 0.475 e. The van der Waals surface area contributed by atoms with E-state index in [4.69, 9.17) is 33.1 Å². The fourth-order valence-electron chi connectivity index (χ4n) is 3.01. The summed E-state index contributed by atoms with van der Waals surface area (Å²) in [5.74, 6) is -3.15. The molecule has 1 aliphatic rings. The Hall–Kier alpha value is -3.61. The predicted molar refractivity (Wildman–Crippen MR) is 141 cm³/mol. The number of carboxylic acid groups (broad SMARTS) is 1. The first-order chi connectivity index (χ1) is 17.8. The maximum atomic E-state index is 12.5. The topological polar surface area (TPSA) is 112 Å². The molecule has 2 aromatic carbocycles. The molecule has 1 aromatic heterocycles. The van der Waals surface area contributed by atoms with Crippen molar-refractivity contribution in [2.75, 3.05) is 14.1 Å². The number of benzene rings is 2. The summed E-state index contributed by atoms with van der Waals surface area (Å²) < 4.78 is 31.7. The van der Waals surface area contributed by atoms with Gasteiger partial charge in [0.05, 0.1) is 26.0 Å². The summed E-state index contributed by atoms with van der Waals surface area (Å²) in [4.78, 5) is 44.6. The standard InChI is InChI=1S/C22H16Cl2N4O2S.C2HF3O2/c1-28(2)21(30)13-8-9-25-17-7-6-12(10-14(13)17)11-18-20(29)27-22(31-18)26-19-15(23)4-3-5-16(19)24;3-2(4,5)1(6)7/h3-11H,1-2H3,(H,26,27,29);(H,6,7)/b18-11+;. The molecule has 198 valence electrons. The second-order valence-electron chi connectivity index (χ2n) is 7.69. The van der Waals surface area contributed by atoms with Gasteiger partial charge in [0, 0.05) is 25.7 Å². The summed E-state index contributed by atoms with van der Waals surface area (Å²) in [6.07, 6.45) is -1.73. The lowest BCUT2D eigenvalue weighted by Crippen LogP contribution is -2.22. The number of nitrogens with one attached hydrogen (secondary N) is 1. The van der Waals surface area contributed by atoms with E-state index in [0.29, 0.717) is 36.9 Å². The zero-order valence-corrected chi connectivity index (χ0v) is 21.8. The molecule has 0 aliphatic carbocycles. The number of hydrogen-bond donors (Lipinski definition) is 2. The van der Waals surface area contributed by atoms with Crippen LogP contribution in [0.15, 0.2) is 58.6 Å². The van der Waals surface area contributed by atoms with Crippen LogP contribution in [0.5, 0.6) is 0 Å². The van der Waals surface area contributed by atoms with E-state index in [2.05, 4.69) is 15.3 Å². The van der Waals surface area contributed by atoms with Crippen LogP contribution in [0.1, 0.15) is 15.9 Å². The molecule has 2 N–H and O–H groups in total. The van der Waals surface area contributed by atoms with E-state index in [1.54, 1.807) is 50.6 Å². The van der Waals surface area contributed by atoms with Crippen molar-refractivity contribution in [2.45, 2.75) is 6.18 Å². The molecule has 4 rings (SSSR count). The number of nitrogens with zero attached hydrogens (tertiary/aromatic N) is 3. The summed E-state index contributed by atoms with van der Waals surface area (Å²) in [7, 11) is 3.40. The van der Waals surface area contributed by atoms with E-state index in [1.165, 1.54) is 16.7 Å². The Kier molecular flexibility index (Phi) is 9.02. The number of fused-ring (bicyclic) bond motifs is 1. The average Bonchev–Trinajstić information content (AvgIpc) is 3.18. The van der Waals surface area contributed by atoms with Gasteiger partial charge in [-0.15, -0.1) is 0 Å². The van der Waals surface area contributed by atoms with Crippen LogP contribution in [0.25, 0.3) is 17.0 Å². The minimum atomic E-state index is -5.08. The number of hydrogen-bond acceptors (Lipinski definition) is 6. The minimum Gasteiger partial charge on any atom is -0.475 e. The lowest BCUT2D eigenvalue weighted by molar-refractivity contribution is -0.192. The van der Waals surface area contributed by atoms with Crippen molar-refractivity contribution in [1.29, 1.82) is 0 Å². The van der Waals surface area contributed by atoms with Gasteiger partial charge < -0.3 is 15.3 Å². The second kappa shape index (κ2) is 11.8. The monoisotopic (exact) mass is 584 g/mol. The first-order valence-electron chi connectivity index (χ1n) is 10.4. The molecule has 0 bridgehead atoms. The highest BCUT2D eigenvalue weighted by Crippen LogP contribution is 2.35. The number of carbonyl (C=O) groups excluding carboxylic acids is 2. The summed E-state index contributed by atoms with van der Waals surface area (Å²) in [6, 6.07) is 12.3. The third-order valence-corrected chi connectivity index (χ3v) is 6.26. The van der Waals surface area contributed by atoms with Crippen molar-refractivity contribution < 1.29 is 32.7 Å². The molecule has 3 aromatic rings. The molecule has 14 heteroatoms. The first-order valence-corrected chi connectivity index (χ1v) is 12.0. The maximum absolute atomic E-state index is 12.5. The summed E-state index contributed by atoms with van der Waals surface area (Å²) in [5, 5.41) is 11.7. The quantitative estimate of drug-likeness (QED) is 0.378. The fourth-order valence-corrected chi connectivity index (χ4v) is 4.32. The number of thioether (sulfide) groups is 1. The van der Waals surface area contributed by atoms with Gasteiger partial charge in [-0.1, -0.05) is 35.3 Å². The molecule has 2 amide bonds. The molecular formula is C24H17Cl2F3N4O4S. The predicted octanol–water partition coefficient (Wildman–Crippen LogP) is 5.77. The van der Waals surface area contributed by atoms with Gasteiger partial charge in [-0.3, -0.25) is 14.6 Å². The molecule has 38 heavy (non-hydrogen) atoms. The average molecular weight is 585 g/mol. The molecule has 0 radical (unpaired) electrons. The number of carbonyl (C=O) groups is 3. The molecule has 0 atom stereocenters. The van der Waals surface area contributed by atoms with Crippen molar-refractivity contribution in [2.24, 2.45) is 4.99 Å². The van der Waals surface area contributed by atoms with Crippen LogP contribution < -0.4 is 5.32 Å². The number of pyridine rings is 1. The molecule has 1 saturated heterocycles. The van der Waals surface area contributed by atoms with Crippen LogP contribution >= 0.6 is 35.0 Å². The molecular weight excluding hydrogens is 568 g/mol. The number of aliphatic carboxylic acids is 1. The van der Waals surface area contributed by atoms with E-state index in [-0.39, 0.29) is 11.8 Å². The van der Waals surface area contributed by atoms with Gasteiger partial charge in [-0.2, -0.15) is 13.2 Å². The highest BCUT2D eigenvalue weighted by atomic mass is 35.5. The fraction of sp³-hybridized carbons (Fsp3) is 0.125. The van der Waals surface area contributed by atoms with E-state index >= 15 is 0 Å². The van der Waals surface area contributed by atoms with Gasteiger partial charge in [0.15, 0.2) is 5.17 Å². The third-order valence-electron chi connectivity index (χ3n) is 4.74. The Morgan fingerprint density at radius 3 is 2.34 bits per heavy atom. The van der Waals surface area contributed by atoms with E-state index in [0.717, 1.165) is 10.9 Å². The number of alkyl halides is 3. The van der Waals surface area contributed by atoms with Crippen molar-refractivity contribution in [3.8, 4) is 0 Å². The van der Waals surface area contributed by atoms with E-state index in [1.807, 2.05) is 18.2 Å². The van der Waals surface area contributed by atoms with Gasteiger partial charge in [-0.05, 0) is 53.7 Å². The number of para-hydroxylation sites is 1. The van der Waals surface area contributed by atoms with Gasteiger partial charge >= 0.3 is 12.1 Å². The highest BCUT2D eigenvalue weighted by molar-refractivity contribution is 8.18. The lowest BCUT2D eigenvalue weighted by atomic mass is 10.0. The number of rotatable bonds is 3. The molecule has 8 nitrogen and oxygen atoms in total. The first kappa shape index (κ1) is 29.0. The maximum Gasteiger partial charge on any atom is 0.490 e. The molecule has 0 saturated carbocycles. The van der Waals surface area contributed by atoms with Crippen LogP contribution in [-0.4, -0.2) is 58.2 Å². The van der Waals surface area contributed by atoms with E-state index in [9.17, 15) is 22.8 Å². The molecule has 1 fully saturated rings.